The van der Waals surface area contributed by atoms with E-state index in [0.717, 1.165) is 5.76 Å². The van der Waals surface area contributed by atoms with Crippen LogP contribution in [0.1, 0.15) is 32.1 Å². The van der Waals surface area contributed by atoms with Gasteiger partial charge in [-0.05, 0) is 12.8 Å². The Morgan fingerprint density at radius 2 is 2.08 bits per heavy atom. The second kappa shape index (κ2) is 4.82. The Kier molecular flexibility index (Phi) is 3.66. The molecule has 0 heterocycles. The van der Waals surface area contributed by atoms with E-state index in [9.17, 15) is 0 Å². The van der Waals surface area contributed by atoms with E-state index in [-0.39, 0.29) is 6.61 Å². The molecule has 0 atom stereocenters. The summed E-state index contributed by atoms with van der Waals surface area (Å²) >= 11 is 0. The highest BCUT2D eigenvalue weighted by Gasteiger charge is 2.16. The number of ether oxygens (including phenoxy) is 1. The van der Waals surface area contributed by atoms with Crippen LogP contribution in [0.5, 0.6) is 0 Å². The second-order valence-corrected chi connectivity index (χ2v) is 3.25. The summed E-state index contributed by atoms with van der Waals surface area (Å²) < 4.78 is 5.18. The molecular formula is C10H15NO. The van der Waals surface area contributed by atoms with Crippen LogP contribution in [0, 0.1) is 17.2 Å². The molecular weight excluding hydrogens is 150 g/mol. The zero-order valence-corrected chi connectivity index (χ0v) is 7.38. The fourth-order valence-corrected chi connectivity index (χ4v) is 1.67. The van der Waals surface area contributed by atoms with E-state index < -0.39 is 0 Å². The molecule has 2 nitrogen and oxygen atoms in total. The minimum Gasteiger partial charge on any atom is -0.483 e. The first kappa shape index (κ1) is 9.12. The molecule has 0 unspecified atom stereocenters. The van der Waals surface area contributed by atoms with Crippen molar-refractivity contribution in [1.82, 2.24) is 0 Å². The summed E-state index contributed by atoms with van der Waals surface area (Å²) in [7, 11) is 0. The van der Waals surface area contributed by atoms with Crippen LogP contribution in [0.3, 0.4) is 0 Å². The summed E-state index contributed by atoms with van der Waals surface area (Å²) in [5, 5.41) is 8.30. The van der Waals surface area contributed by atoms with Gasteiger partial charge in [0, 0.05) is 5.92 Å². The van der Waals surface area contributed by atoms with Crippen molar-refractivity contribution in [1.29, 1.82) is 5.26 Å². The Morgan fingerprint density at radius 1 is 1.42 bits per heavy atom. The zero-order valence-electron chi connectivity index (χ0n) is 7.38. The van der Waals surface area contributed by atoms with E-state index in [2.05, 4.69) is 6.58 Å². The lowest BCUT2D eigenvalue weighted by molar-refractivity contribution is 0.189. The van der Waals surface area contributed by atoms with Gasteiger partial charge in [0.25, 0.3) is 0 Å². The monoisotopic (exact) mass is 165 g/mol. The van der Waals surface area contributed by atoms with Gasteiger partial charge >= 0.3 is 0 Å². The maximum atomic E-state index is 8.30. The van der Waals surface area contributed by atoms with Crippen LogP contribution in [-0.2, 0) is 4.74 Å². The molecule has 0 aromatic heterocycles. The summed E-state index contributed by atoms with van der Waals surface area (Å²) in [5.74, 6) is 1.32. The van der Waals surface area contributed by atoms with Gasteiger partial charge in [-0.2, -0.15) is 5.26 Å². The first-order valence-electron chi connectivity index (χ1n) is 4.53. The van der Waals surface area contributed by atoms with Crippen LogP contribution < -0.4 is 0 Å². The predicted octanol–water partition coefficient (Wildman–Crippen LogP) is 2.62. The average molecular weight is 165 g/mol. The third-order valence-electron chi connectivity index (χ3n) is 2.38. The van der Waals surface area contributed by atoms with Crippen LogP contribution in [0.15, 0.2) is 12.3 Å². The van der Waals surface area contributed by atoms with Gasteiger partial charge in [-0.3, -0.25) is 0 Å². The smallest absolute Gasteiger partial charge is 0.174 e. The molecule has 1 saturated carbocycles. The maximum Gasteiger partial charge on any atom is 0.174 e. The van der Waals surface area contributed by atoms with Crippen molar-refractivity contribution in [2.75, 3.05) is 6.61 Å². The number of allylic oxidation sites excluding steroid dienone is 1. The van der Waals surface area contributed by atoms with Gasteiger partial charge in [-0.1, -0.05) is 25.8 Å². The SMILES string of the molecule is C=C(OCC#N)C1CCCCC1. The Labute approximate surface area is 73.8 Å². The van der Waals surface area contributed by atoms with Crippen molar-refractivity contribution in [2.45, 2.75) is 32.1 Å². The Hall–Kier alpha value is -0.970. The lowest BCUT2D eigenvalue weighted by Gasteiger charge is -2.22. The van der Waals surface area contributed by atoms with Gasteiger partial charge in [0.2, 0.25) is 0 Å². The summed E-state index contributed by atoms with van der Waals surface area (Å²) in [6.07, 6.45) is 6.26. The molecule has 0 N–H and O–H groups in total. The maximum absolute atomic E-state index is 8.30. The quantitative estimate of drug-likeness (QED) is 0.602. The summed E-state index contributed by atoms with van der Waals surface area (Å²) in [6, 6.07) is 1.95. The Balaban J connectivity index is 2.26. The third-order valence-corrected chi connectivity index (χ3v) is 2.38. The molecule has 1 fully saturated rings. The highest BCUT2D eigenvalue weighted by atomic mass is 16.5. The van der Waals surface area contributed by atoms with Crippen LogP contribution in [0.25, 0.3) is 0 Å². The lowest BCUT2D eigenvalue weighted by atomic mass is 9.88. The number of nitriles is 1. The van der Waals surface area contributed by atoms with Crippen molar-refractivity contribution in [2.24, 2.45) is 5.92 Å². The van der Waals surface area contributed by atoms with Crippen molar-refractivity contribution >= 4 is 0 Å². The Morgan fingerprint density at radius 3 is 2.67 bits per heavy atom. The second-order valence-electron chi connectivity index (χ2n) is 3.25. The normalized spacial score (nSPS) is 18.2. The van der Waals surface area contributed by atoms with Crippen molar-refractivity contribution in [3.05, 3.63) is 12.3 Å². The Bertz CT molecular complexity index is 187. The van der Waals surface area contributed by atoms with E-state index in [1.807, 2.05) is 6.07 Å². The van der Waals surface area contributed by atoms with Gasteiger partial charge < -0.3 is 4.74 Å². The van der Waals surface area contributed by atoms with Crippen LogP contribution in [0.2, 0.25) is 0 Å². The van der Waals surface area contributed by atoms with Gasteiger partial charge in [0.05, 0.1) is 5.76 Å². The molecule has 0 bridgehead atoms. The fraction of sp³-hybridized carbons (Fsp3) is 0.700. The molecule has 66 valence electrons. The summed E-state index contributed by atoms with van der Waals surface area (Å²) in [5.41, 5.74) is 0. The molecule has 1 aliphatic carbocycles. The summed E-state index contributed by atoms with van der Waals surface area (Å²) in [6.45, 7) is 3.99. The van der Waals surface area contributed by atoms with Crippen LogP contribution in [0.4, 0.5) is 0 Å². The number of hydrogen-bond acceptors (Lipinski definition) is 2. The van der Waals surface area contributed by atoms with E-state index in [0.29, 0.717) is 5.92 Å². The fourth-order valence-electron chi connectivity index (χ4n) is 1.67. The molecule has 1 aliphatic rings. The first-order valence-corrected chi connectivity index (χ1v) is 4.53. The molecule has 0 aliphatic heterocycles. The van der Waals surface area contributed by atoms with Crippen LogP contribution in [-0.4, -0.2) is 6.61 Å². The van der Waals surface area contributed by atoms with Gasteiger partial charge in [0.1, 0.15) is 6.07 Å². The highest BCUT2D eigenvalue weighted by molar-refractivity contribution is 4.93. The van der Waals surface area contributed by atoms with E-state index in [1.165, 1.54) is 32.1 Å². The molecule has 1 rings (SSSR count). The third kappa shape index (κ3) is 2.58. The molecule has 12 heavy (non-hydrogen) atoms. The molecule has 0 saturated heterocycles. The van der Waals surface area contributed by atoms with Gasteiger partial charge in [-0.15, -0.1) is 0 Å². The van der Waals surface area contributed by atoms with Crippen LogP contribution >= 0.6 is 0 Å². The molecule has 0 amide bonds. The zero-order chi connectivity index (χ0) is 8.81. The first-order chi connectivity index (χ1) is 5.84. The highest BCUT2D eigenvalue weighted by Crippen LogP contribution is 2.29. The van der Waals surface area contributed by atoms with Crippen molar-refractivity contribution in [3.8, 4) is 6.07 Å². The summed E-state index contributed by atoms with van der Waals surface area (Å²) in [4.78, 5) is 0. The molecule has 0 spiro atoms. The largest absolute Gasteiger partial charge is 0.483 e. The number of rotatable bonds is 3. The molecule has 0 aromatic carbocycles. The van der Waals surface area contributed by atoms with E-state index in [4.69, 9.17) is 10.00 Å². The molecule has 0 aromatic rings. The van der Waals surface area contributed by atoms with Gasteiger partial charge in [0.15, 0.2) is 6.61 Å². The average Bonchev–Trinajstić information content (AvgIpc) is 2.15. The van der Waals surface area contributed by atoms with Crippen molar-refractivity contribution in [3.63, 3.8) is 0 Å². The lowest BCUT2D eigenvalue weighted by Crippen LogP contribution is -2.10. The molecule has 2 heteroatoms. The number of hydrogen-bond donors (Lipinski definition) is 0. The molecule has 0 radical (unpaired) electrons. The standard InChI is InChI=1S/C10H15NO/c1-9(12-8-7-11)10-5-3-2-4-6-10/h10H,1-6,8H2. The topological polar surface area (TPSA) is 33.0 Å². The van der Waals surface area contributed by atoms with E-state index in [1.54, 1.807) is 0 Å². The van der Waals surface area contributed by atoms with E-state index >= 15 is 0 Å². The number of nitrogens with zero attached hydrogens (tertiary/aromatic N) is 1. The van der Waals surface area contributed by atoms with Gasteiger partial charge in [-0.25, -0.2) is 0 Å². The predicted molar refractivity (Wildman–Crippen MR) is 47.3 cm³/mol. The minimum absolute atomic E-state index is 0.148. The minimum atomic E-state index is 0.148. The van der Waals surface area contributed by atoms with Crippen molar-refractivity contribution < 1.29 is 4.74 Å².